The van der Waals surface area contributed by atoms with Crippen molar-refractivity contribution in [3.8, 4) is 0 Å². The van der Waals surface area contributed by atoms with E-state index < -0.39 is 0 Å². The Hall–Kier alpha value is -0.200. The van der Waals surface area contributed by atoms with Gasteiger partial charge in [0.1, 0.15) is 0 Å². The molecule has 1 saturated carbocycles. The normalized spacial score (nSPS) is 17.9. The summed E-state index contributed by atoms with van der Waals surface area (Å²) >= 11 is 0. The molecule has 0 aromatic carbocycles. The molecule has 1 aliphatic rings. The highest BCUT2D eigenvalue weighted by molar-refractivity contribution is 4.94. The maximum absolute atomic E-state index is 9.66. The van der Waals surface area contributed by atoms with E-state index in [0.717, 1.165) is 45.5 Å². The predicted octanol–water partition coefficient (Wildman–Crippen LogP) is 1.73. The van der Waals surface area contributed by atoms with Crippen molar-refractivity contribution in [2.75, 3.05) is 46.8 Å². The van der Waals surface area contributed by atoms with Crippen LogP contribution in [0.1, 0.15) is 45.4 Å². The van der Waals surface area contributed by atoms with E-state index in [0.29, 0.717) is 19.3 Å². The van der Waals surface area contributed by atoms with Gasteiger partial charge in [-0.25, -0.2) is 0 Å². The summed E-state index contributed by atoms with van der Waals surface area (Å²) in [6.45, 7) is 5.84. The zero-order valence-electron chi connectivity index (χ0n) is 13.7. The summed E-state index contributed by atoms with van der Waals surface area (Å²) in [5.41, 5.74) is -0.110. The summed E-state index contributed by atoms with van der Waals surface area (Å²) in [6.07, 6.45) is 6.32. The maximum atomic E-state index is 9.66. The SMILES string of the molecule is CCC(CO)(CCCOCCOCCCOC)NC1CC1. The van der Waals surface area contributed by atoms with Gasteiger partial charge in [-0.2, -0.15) is 0 Å². The molecule has 1 aliphatic carbocycles. The molecule has 0 spiro atoms. The van der Waals surface area contributed by atoms with Crippen molar-refractivity contribution in [2.24, 2.45) is 0 Å². The van der Waals surface area contributed by atoms with E-state index >= 15 is 0 Å². The number of methoxy groups -OCH3 is 1. The molecule has 0 amide bonds. The third-order valence-corrected chi connectivity index (χ3v) is 4.02. The molecular formula is C16H33NO4. The molecule has 0 saturated heterocycles. The van der Waals surface area contributed by atoms with Gasteiger partial charge in [-0.15, -0.1) is 0 Å². The fourth-order valence-corrected chi connectivity index (χ4v) is 2.39. The van der Waals surface area contributed by atoms with Crippen molar-refractivity contribution in [3.05, 3.63) is 0 Å². The van der Waals surface area contributed by atoms with Crippen molar-refractivity contribution < 1.29 is 19.3 Å². The lowest BCUT2D eigenvalue weighted by atomic mass is 9.91. The summed E-state index contributed by atoms with van der Waals surface area (Å²) in [5, 5.41) is 13.3. The van der Waals surface area contributed by atoms with Crippen LogP contribution in [0.4, 0.5) is 0 Å². The van der Waals surface area contributed by atoms with Gasteiger partial charge in [-0.1, -0.05) is 6.92 Å². The first-order valence-corrected chi connectivity index (χ1v) is 8.29. The van der Waals surface area contributed by atoms with Gasteiger partial charge in [-0.05, 0) is 38.5 Å². The van der Waals surface area contributed by atoms with E-state index in [2.05, 4.69) is 12.2 Å². The number of aliphatic hydroxyl groups is 1. The van der Waals surface area contributed by atoms with Gasteiger partial charge in [0.2, 0.25) is 0 Å². The van der Waals surface area contributed by atoms with Crippen LogP contribution in [0.15, 0.2) is 0 Å². The highest BCUT2D eigenvalue weighted by Crippen LogP contribution is 2.26. The molecule has 5 heteroatoms. The first-order chi connectivity index (χ1) is 10.3. The maximum Gasteiger partial charge on any atom is 0.0700 e. The molecule has 0 aromatic rings. The summed E-state index contributed by atoms with van der Waals surface area (Å²) < 4.78 is 16.0. The molecule has 5 nitrogen and oxygen atoms in total. The molecule has 126 valence electrons. The topological polar surface area (TPSA) is 60.0 Å². The van der Waals surface area contributed by atoms with E-state index in [1.54, 1.807) is 7.11 Å². The van der Waals surface area contributed by atoms with Crippen LogP contribution in [0.3, 0.4) is 0 Å². The van der Waals surface area contributed by atoms with E-state index in [9.17, 15) is 5.11 Å². The van der Waals surface area contributed by atoms with Gasteiger partial charge in [0.05, 0.1) is 19.8 Å². The Balaban J connectivity index is 1.96. The minimum atomic E-state index is -0.110. The fraction of sp³-hybridized carbons (Fsp3) is 1.00. The average molecular weight is 303 g/mol. The van der Waals surface area contributed by atoms with Crippen LogP contribution in [-0.4, -0.2) is 63.4 Å². The number of aliphatic hydroxyl groups excluding tert-OH is 1. The third kappa shape index (κ3) is 8.73. The Morgan fingerprint density at radius 2 is 1.71 bits per heavy atom. The highest BCUT2D eigenvalue weighted by atomic mass is 16.5. The minimum absolute atomic E-state index is 0.110. The second-order valence-electron chi connectivity index (χ2n) is 5.89. The van der Waals surface area contributed by atoms with Crippen LogP contribution in [0.25, 0.3) is 0 Å². The van der Waals surface area contributed by atoms with E-state index in [1.165, 1.54) is 12.8 Å². The number of ether oxygens (including phenoxy) is 3. The van der Waals surface area contributed by atoms with Gasteiger partial charge in [0.15, 0.2) is 0 Å². The molecule has 0 bridgehead atoms. The first-order valence-electron chi connectivity index (χ1n) is 8.29. The molecule has 1 rings (SSSR count). The van der Waals surface area contributed by atoms with Crippen molar-refractivity contribution in [1.82, 2.24) is 5.32 Å². The lowest BCUT2D eigenvalue weighted by Gasteiger charge is -2.32. The van der Waals surface area contributed by atoms with Crippen LogP contribution in [0.2, 0.25) is 0 Å². The lowest BCUT2D eigenvalue weighted by molar-refractivity contribution is 0.0351. The summed E-state index contributed by atoms with van der Waals surface area (Å²) in [7, 11) is 1.70. The summed E-state index contributed by atoms with van der Waals surface area (Å²) in [5.74, 6) is 0. The van der Waals surface area contributed by atoms with Gasteiger partial charge >= 0.3 is 0 Å². The molecule has 0 radical (unpaired) electrons. The second kappa shape index (κ2) is 11.4. The van der Waals surface area contributed by atoms with E-state index in [1.807, 2.05) is 0 Å². The Morgan fingerprint density at radius 3 is 2.24 bits per heavy atom. The Morgan fingerprint density at radius 1 is 1.05 bits per heavy atom. The van der Waals surface area contributed by atoms with Crippen LogP contribution in [-0.2, 0) is 14.2 Å². The second-order valence-corrected chi connectivity index (χ2v) is 5.89. The van der Waals surface area contributed by atoms with E-state index in [4.69, 9.17) is 14.2 Å². The molecule has 21 heavy (non-hydrogen) atoms. The number of hydrogen-bond donors (Lipinski definition) is 2. The molecular weight excluding hydrogens is 270 g/mol. The highest BCUT2D eigenvalue weighted by Gasteiger charge is 2.33. The van der Waals surface area contributed by atoms with Crippen LogP contribution < -0.4 is 5.32 Å². The minimum Gasteiger partial charge on any atom is -0.394 e. The number of rotatable bonds is 15. The quantitative estimate of drug-likeness (QED) is 0.451. The molecule has 1 fully saturated rings. The predicted molar refractivity (Wildman–Crippen MR) is 83.6 cm³/mol. The zero-order chi connectivity index (χ0) is 15.4. The molecule has 1 atom stereocenters. The monoisotopic (exact) mass is 303 g/mol. The van der Waals surface area contributed by atoms with Crippen molar-refractivity contribution in [3.63, 3.8) is 0 Å². The van der Waals surface area contributed by atoms with Gasteiger partial charge < -0.3 is 24.6 Å². The molecule has 0 heterocycles. The van der Waals surface area contributed by atoms with Crippen molar-refractivity contribution in [1.29, 1.82) is 0 Å². The molecule has 1 unspecified atom stereocenters. The van der Waals surface area contributed by atoms with Gasteiger partial charge in [0, 0.05) is 38.5 Å². The fourth-order valence-electron chi connectivity index (χ4n) is 2.39. The van der Waals surface area contributed by atoms with Crippen LogP contribution in [0, 0.1) is 0 Å². The Kier molecular flexibility index (Phi) is 10.2. The first kappa shape index (κ1) is 18.8. The van der Waals surface area contributed by atoms with Crippen molar-refractivity contribution in [2.45, 2.75) is 57.0 Å². The third-order valence-electron chi connectivity index (χ3n) is 4.02. The lowest BCUT2D eigenvalue weighted by Crippen LogP contribution is -2.49. The van der Waals surface area contributed by atoms with Gasteiger partial charge in [0.25, 0.3) is 0 Å². The number of hydrogen-bond acceptors (Lipinski definition) is 5. The zero-order valence-corrected chi connectivity index (χ0v) is 13.7. The smallest absolute Gasteiger partial charge is 0.0700 e. The molecule has 0 aliphatic heterocycles. The average Bonchev–Trinajstić information content (AvgIpc) is 3.32. The standard InChI is InChI=1S/C16H33NO4/c1-3-16(14-18,17-15-6-7-15)8-4-10-20-12-13-21-11-5-9-19-2/h15,17-18H,3-14H2,1-2H3. The van der Waals surface area contributed by atoms with Crippen LogP contribution >= 0.6 is 0 Å². The van der Waals surface area contributed by atoms with Crippen LogP contribution in [0.5, 0.6) is 0 Å². The molecule has 0 aromatic heterocycles. The van der Waals surface area contributed by atoms with Crippen molar-refractivity contribution >= 4 is 0 Å². The number of nitrogens with one attached hydrogen (secondary N) is 1. The summed E-state index contributed by atoms with van der Waals surface area (Å²) in [4.78, 5) is 0. The summed E-state index contributed by atoms with van der Waals surface area (Å²) in [6, 6.07) is 0.624. The largest absolute Gasteiger partial charge is 0.394 e. The Bertz CT molecular complexity index is 242. The van der Waals surface area contributed by atoms with Gasteiger partial charge in [-0.3, -0.25) is 0 Å². The Labute approximate surface area is 129 Å². The van der Waals surface area contributed by atoms with E-state index in [-0.39, 0.29) is 12.1 Å². The molecule has 2 N–H and O–H groups in total.